The molecule has 4 heteroatoms. The van der Waals surface area contributed by atoms with E-state index in [1.165, 1.54) is 5.56 Å². The predicted octanol–water partition coefficient (Wildman–Crippen LogP) is 3.85. The van der Waals surface area contributed by atoms with Gasteiger partial charge < -0.3 is 9.15 Å². The lowest BCUT2D eigenvalue weighted by atomic mass is 10.0. The third-order valence-corrected chi connectivity index (χ3v) is 4.98. The van der Waals surface area contributed by atoms with Gasteiger partial charge in [0.05, 0.1) is 24.2 Å². The van der Waals surface area contributed by atoms with E-state index in [9.17, 15) is 4.79 Å². The second kappa shape index (κ2) is 6.82. The number of morpholine rings is 1. The van der Waals surface area contributed by atoms with Crippen LogP contribution in [0, 0.1) is 0 Å². The molecule has 0 N–H and O–H groups in total. The summed E-state index contributed by atoms with van der Waals surface area (Å²) in [6.07, 6.45) is 1.56. The molecule has 2 heterocycles. The summed E-state index contributed by atoms with van der Waals surface area (Å²) in [6.45, 7) is 5.71. The zero-order valence-corrected chi connectivity index (χ0v) is 14.3. The molecule has 128 valence electrons. The maximum atomic E-state index is 12.7. The molecule has 0 bridgehead atoms. The molecule has 0 amide bonds. The molecule has 1 aromatic heterocycles. The number of benzene rings is 2. The van der Waals surface area contributed by atoms with E-state index in [1.54, 1.807) is 12.3 Å². The molecule has 4 rings (SSSR count). The molecule has 0 aliphatic carbocycles. The fraction of sp³-hybridized carbons (Fsp3) is 0.286. The highest BCUT2D eigenvalue weighted by Gasteiger charge is 2.18. The number of hydrogen-bond donors (Lipinski definition) is 0. The minimum absolute atomic E-state index is 0.0100. The monoisotopic (exact) mass is 335 g/mol. The summed E-state index contributed by atoms with van der Waals surface area (Å²) < 4.78 is 11.1. The molecular formula is C21H21NO3. The molecule has 0 unspecified atom stereocenters. The van der Waals surface area contributed by atoms with Crippen LogP contribution >= 0.6 is 0 Å². The third-order valence-electron chi connectivity index (χ3n) is 4.98. The average Bonchev–Trinajstić information content (AvgIpc) is 2.69. The van der Waals surface area contributed by atoms with Crippen molar-refractivity contribution in [2.75, 3.05) is 26.3 Å². The minimum atomic E-state index is 0.0100. The molecule has 0 radical (unpaired) electrons. The predicted molar refractivity (Wildman–Crippen MR) is 98.7 cm³/mol. The molecule has 0 spiro atoms. The summed E-state index contributed by atoms with van der Waals surface area (Å²) in [6, 6.07) is 15.9. The summed E-state index contributed by atoms with van der Waals surface area (Å²) in [5, 5.41) is 0.616. The molecule has 25 heavy (non-hydrogen) atoms. The van der Waals surface area contributed by atoms with Gasteiger partial charge in [-0.25, -0.2) is 0 Å². The SMILES string of the molecule is C[C@@H](c1ccc(-c2coc3ccccc3c2=O)cc1)N1CCOCC1. The van der Waals surface area contributed by atoms with Gasteiger partial charge in [0.15, 0.2) is 5.43 Å². The molecule has 1 fully saturated rings. The fourth-order valence-corrected chi connectivity index (χ4v) is 3.39. The standard InChI is InChI=1S/C21H21NO3/c1-15(22-10-12-24-13-11-22)16-6-8-17(9-7-16)19-14-25-20-5-3-2-4-18(20)21(19)23/h2-9,14-15H,10-13H2,1H3/t15-/m0/s1. The summed E-state index contributed by atoms with van der Waals surface area (Å²) >= 11 is 0. The van der Waals surface area contributed by atoms with Gasteiger partial charge in [-0.2, -0.15) is 0 Å². The number of rotatable bonds is 3. The average molecular weight is 335 g/mol. The Morgan fingerprint density at radius 1 is 1.00 bits per heavy atom. The number of ether oxygens (including phenoxy) is 1. The Labute approximate surface area is 146 Å². The quantitative estimate of drug-likeness (QED) is 0.729. The van der Waals surface area contributed by atoms with Crippen LogP contribution in [-0.2, 0) is 4.74 Å². The number of nitrogens with zero attached hydrogens (tertiary/aromatic N) is 1. The Balaban J connectivity index is 1.64. The Morgan fingerprint density at radius 3 is 2.48 bits per heavy atom. The van der Waals surface area contributed by atoms with E-state index >= 15 is 0 Å². The summed E-state index contributed by atoms with van der Waals surface area (Å²) in [7, 11) is 0. The van der Waals surface area contributed by atoms with Crippen molar-refractivity contribution in [2.24, 2.45) is 0 Å². The normalized spacial score (nSPS) is 16.8. The van der Waals surface area contributed by atoms with Crippen molar-refractivity contribution < 1.29 is 9.15 Å². The van der Waals surface area contributed by atoms with Gasteiger partial charge in [-0.15, -0.1) is 0 Å². The molecule has 1 atom stereocenters. The van der Waals surface area contributed by atoms with Gasteiger partial charge in [0.2, 0.25) is 0 Å². The first-order chi connectivity index (χ1) is 12.2. The van der Waals surface area contributed by atoms with Crippen molar-refractivity contribution >= 4 is 11.0 Å². The Hall–Kier alpha value is -2.43. The first kappa shape index (κ1) is 16.1. The van der Waals surface area contributed by atoms with E-state index in [1.807, 2.05) is 30.3 Å². The molecule has 3 aromatic rings. The van der Waals surface area contributed by atoms with E-state index in [2.05, 4.69) is 24.0 Å². The maximum Gasteiger partial charge on any atom is 0.200 e. The smallest absolute Gasteiger partial charge is 0.200 e. The second-order valence-corrected chi connectivity index (χ2v) is 6.42. The molecule has 1 saturated heterocycles. The first-order valence-electron chi connectivity index (χ1n) is 8.67. The maximum absolute atomic E-state index is 12.7. The van der Waals surface area contributed by atoms with E-state index in [4.69, 9.17) is 9.15 Å². The number of hydrogen-bond acceptors (Lipinski definition) is 4. The molecule has 0 saturated carbocycles. The largest absolute Gasteiger partial charge is 0.463 e. The Bertz CT molecular complexity index is 924. The van der Waals surface area contributed by atoms with Crippen LogP contribution in [0.25, 0.3) is 22.1 Å². The van der Waals surface area contributed by atoms with Crippen molar-refractivity contribution in [3.63, 3.8) is 0 Å². The van der Waals surface area contributed by atoms with Crippen molar-refractivity contribution in [3.05, 3.63) is 70.6 Å². The van der Waals surface area contributed by atoms with Crippen LogP contribution in [0.15, 0.2) is 64.0 Å². The lowest BCUT2D eigenvalue weighted by Crippen LogP contribution is -2.37. The zero-order chi connectivity index (χ0) is 17.2. The van der Waals surface area contributed by atoms with Gasteiger partial charge in [-0.05, 0) is 30.2 Å². The van der Waals surface area contributed by atoms with Crippen LogP contribution < -0.4 is 5.43 Å². The van der Waals surface area contributed by atoms with Gasteiger partial charge in [-0.3, -0.25) is 9.69 Å². The lowest BCUT2D eigenvalue weighted by molar-refractivity contribution is 0.0198. The van der Waals surface area contributed by atoms with Crippen molar-refractivity contribution in [1.29, 1.82) is 0 Å². The van der Waals surface area contributed by atoms with Gasteiger partial charge in [0, 0.05) is 19.1 Å². The zero-order valence-electron chi connectivity index (χ0n) is 14.3. The van der Waals surface area contributed by atoms with E-state index in [-0.39, 0.29) is 5.43 Å². The van der Waals surface area contributed by atoms with E-state index < -0.39 is 0 Å². The highest BCUT2D eigenvalue weighted by molar-refractivity contribution is 5.81. The van der Waals surface area contributed by atoms with E-state index in [0.29, 0.717) is 22.6 Å². The van der Waals surface area contributed by atoms with Crippen LogP contribution in [0.4, 0.5) is 0 Å². The van der Waals surface area contributed by atoms with Crippen LogP contribution in [0.1, 0.15) is 18.5 Å². The molecule has 4 nitrogen and oxygen atoms in total. The molecule has 2 aromatic carbocycles. The molecule has 1 aliphatic rings. The highest BCUT2D eigenvalue weighted by Crippen LogP contribution is 2.25. The van der Waals surface area contributed by atoms with Crippen LogP contribution in [0.2, 0.25) is 0 Å². The van der Waals surface area contributed by atoms with Crippen molar-refractivity contribution in [1.82, 2.24) is 4.90 Å². The fourth-order valence-electron chi connectivity index (χ4n) is 3.39. The first-order valence-corrected chi connectivity index (χ1v) is 8.67. The minimum Gasteiger partial charge on any atom is -0.463 e. The van der Waals surface area contributed by atoms with Gasteiger partial charge in [-0.1, -0.05) is 36.4 Å². The van der Waals surface area contributed by atoms with Gasteiger partial charge in [0.1, 0.15) is 11.8 Å². The van der Waals surface area contributed by atoms with Crippen LogP contribution in [0.5, 0.6) is 0 Å². The topological polar surface area (TPSA) is 42.7 Å². The third kappa shape index (κ3) is 3.11. The number of fused-ring (bicyclic) bond motifs is 1. The van der Waals surface area contributed by atoms with Crippen LogP contribution in [-0.4, -0.2) is 31.2 Å². The number of para-hydroxylation sites is 1. The van der Waals surface area contributed by atoms with Gasteiger partial charge >= 0.3 is 0 Å². The summed E-state index contributed by atoms with van der Waals surface area (Å²) in [4.78, 5) is 15.1. The summed E-state index contributed by atoms with van der Waals surface area (Å²) in [5.74, 6) is 0. The Kier molecular flexibility index (Phi) is 4.38. The Morgan fingerprint density at radius 2 is 1.72 bits per heavy atom. The van der Waals surface area contributed by atoms with Gasteiger partial charge in [0.25, 0.3) is 0 Å². The highest BCUT2D eigenvalue weighted by atomic mass is 16.5. The summed E-state index contributed by atoms with van der Waals surface area (Å²) in [5.41, 5.74) is 3.36. The molecule has 1 aliphatic heterocycles. The van der Waals surface area contributed by atoms with Crippen molar-refractivity contribution in [3.8, 4) is 11.1 Å². The lowest BCUT2D eigenvalue weighted by Gasteiger charge is -2.32. The van der Waals surface area contributed by atoms with Crippen LogP contribution in [0.3, 0.4) is 0 Å². The van der Waals surface area contributed by atoms with Crippen molar-refractivity contribution in [2.45, 2.75) is 13.0 Å². The molecular weight excluding hydrogens is 314 g/mol. The van der Waals surface area contributed by atoms with E-state index in [0.717, 1.165) is 31.9 Å². The second-order valence-electron chi connectivity index (χ2n) is 6.42.